The minimum Gasteiger partial charge on any atom is -0.392 e. The van der Waals surface area contributed by atoms with E-state index in [9.17, 15) is 13.2 Å². The molecule has 0 saturated heterocycles. The molecule has 0 spiro atoms. The summed E-state index contributed by atoms with van der Waals surface area (Å²) < 4.78 is 40.3. The fourth-order valence-electron chi connectivity index (χ4n) is 3.32. The van der Waals surface area contributed by atoms with Gasteiger partial charge in [0.15, 0.2) is 0 Å². The van der Waals surface area contributed by atoms with Crippen molar-refractivity contribution in [3.63, 3.8) is 0 Å². The second-order valence-corrected chi connectivity index (χ2v) is 6.32. The highest BCUT2D eigenvalue weighted by Crippen LogP contribution is 2.37. The van der Waals surface area contributed by atoms with Gasteiger partial charge in [0.05, 0.1) is 11.3 Å². The molecule has 2 atom stereocenters. The van der Waals surface area contributed by atoms with Gasteiger partial charge in [-0.05, 0) is 37.8 Å². The number of oxime groups is 1. The van der Waals surface area contributed by atoms with Crippen LogP contribution in [0.2, 0.25) is 0 Å². The first-order valence-corrected chi connectivity index (χ1v) is 8.45. The predicted molar refractivity (Wildman–Crippen MR) is 86.6 cm³/mol. The summed E-state index contributed by atoms with van der Waals surface area (Å²) in [6.07, 6.45) is 0.991. The lowest BCUT2D eigenvalue weighted by atomic mass is 9.81. The average Bonchev–Trinajstić information content (AvgIpc) is 2.98. The molecule has 2 aliphatic rings. The van der Waals surface area contributed by atoms with Crippen molar-refractivity contribution in [2.75, 3.05) is 0 Å². The van der Waals surface area contributed by atoms with Gasteiger partial charge in [-0.25, -0.2) is 0 Å². The molecule has 1 aromatic rings. The number of fused-ring (bicyclic) bond motifs is 1. The van der Waals surface area contributed by atoms with Crippen molar-refractivity contribution in [3.05, 3.63) is 34.9 Å². The third-order valence-corrected chi connectivity index (χ3v) is 4.56. The van der Waals surface area contributed by atoms with Crippen molar-refractivity contribution in [3.8, 4) is 11.8 Å². The number of hydrogen-bond donors (Lipinski definition) is 0. The Bertz CT molecular complexity index is 697. The van der Waals surface area contributed by atoms with E-state index < -0.39 is 11.7 Å². The summed E-state index contributed by atoms with van der Waals surface area (Å²) in [6.45, 7) is 1.95. The number of rotatable bonds is 2. The van der Waals surface area contributed by atoms with Gasteiger partial charge in [-0.1, -0.05) is 36.4 Å². The predicted octanol–water partition coefficient (Wildman–Crippen LogP) is 5.15. The number of nitrogens with zero attached hydrogens (tertiary/aromatic N) is 1. The van der Waals surface area contributed by atoms with Gasteiger partial charge in [-0.15, -0.1) is 0 Å². The highest BCUT2D eigenvalue weighted by atomic mass is 19.4. The molecule has 1 aliphatic carbocycles. The van der Waals surface area contributed by atoms with Crippen molar-refractivity contribution in [2.45, 2.75) is 57.7 Å². The van der Waals surface area contributed by atoms with E-state index in [1.54, 1.807) is 6.07 Å². The Balaban J connectivity index is 1.95. The first-order chi connectivity index (χ1) is 11.5. The molecule has 5 heteroatoms. The number of halogens is 3. The van der Waals surface area contributed by atoms with Crippen molar-refractivity contribution < 1.29 is 18.0 Å². The molecule has 0 aromatic heterocycles. The lowest BCUT2D eigenvalue weighted by molar-refractivity contribution is -0.137. The third kappa shape index (κ3) is 3.43. The zero-order valence-corrected chi connectivity index (χ0v) is 13.6. The molecule has 0 amide bonds. The zero-order chi connectivity index (χ0) is 17.2. The topological polar surface area (TPSA) is 21.6 Å². The van der Waals surface area contributed by atoms with Gasteiger partial charge in [0.2, 0.25) is 0 Å². The summed E-state index contributed by atoms with van der Waals surface area (Å²) in [5, 5.41) is 4.09. The van der Waals surface area contributed by atoms with E-state index >= 15 is 0 Å². The summed E-state index contributed by atoms with van der Waals surface area (Å²) in [4.78, 5) is 5.44. The van der Waals surface area contributed by atoms with E-state index in [1.807, 2.05) is 6.92 Å². The Morgan fingerprint density at radius 1 is 1.25 bits per heavy atom. The minimum atomic E-state index is -4.43. The second-order valence-electron chi connectivity index (χ2n) is 6.32. The van der Waals surface area contributed by atoms with Crippen LogP contribution in [-0.2, 0) is 11.0 Å². The van der Waals surface area contributed by atoms with Crippen molar-refractivity contribution in [2.24, 2.45) is 11.1 Å². The maximum Gasteiger partial charge on any atom is 0.417 e. The van der Waals surface area contributed by atoms with Gasteiger partial charge in [-0.2, -0.15) is 13.2 Å². The van der Waals surface area contributed by atoms with E-state index in [0.717, 1.165) is 32.1 Å². The van der Waals surface area contributed by atoms with Crippen LogP contribution in [0.3, 0.4) is 0 Å². The fraction of sp³-hybridized carbons (Fsp3) is 0.526. The van der Waals surface area contributed by atoms with E-state index in [0.29, 0.717) is 17.7 Å². The van der Waals surface area contributed by atoms with Crippen LogP contribution in [0.15, 0.2) is 23.4 Å². The molecule has 1 aliphatic heterocycles. The van der Waals surface area contributed by atoms with Crippen LogP contribution in [0, 0.1) is 17.8 Å². The standard InChI is InChI=1S/C19H20F3NO/c1-2-3-4-7-13-10-11-14(12-16(13)19(20,21)22)18-15-8-5-6-9-17(15)24-23-18/h10-12,15,17H,2-3,5-6,8-9H2,1H3. The van der Waals surface area contributed by atoms with Gasteiger partial charge in [-0.3, -0.25) is 0 Å². The van der Waals surface area contributed by atoms with Crippen LogP contribution in [-0.4, -0.2) is 11.8 Å². The lowest BCUT2D eigenvalue weighted by Crippen LogP contribution is -2.27. The maximum atomic E-state index is 13.4. The van der Waals surface area contributed by atoms with Crippen molar-refractivity contribution in [1.82, 2.24) is 0 Å². The van der Waals surface area contributed by atoms with Crippen LogP contribution >= 0.6 is 0 Å². The molecule has 1 fully saturated rings. The molecule has 1 aromatic carbocycles. The molecule has 0 N–H and O–H groups in total. The van der Waals surface area contributed by atoms with Crippen LogP contribution in [0.5, 0.6) is 0 Å². The quantitative estimate of drug-likeness (QED) is 0.685. The van der Waals surface area contributed by atoms with Gasteiger partial charge in [0.25, 0.3) is 0 Å². The summed E-state index contributed by atoms with van der Waals surface area (Å²) in [7, 11) is 0. The van der Waals surface area contributed by atoms with Crippen LogP contribution in [0.4, 0.5) is 13.2 Å². The molecule has 0 bridgehead atoms. The Labute approximate surface area is 140 Å². The third-order valence-electron chi connectivity index (χ3n) is 4.56. The molecular formula is C19H20F3NO. The Morgan fingerprint density at radius 3 is 2.79 bits per heavy atom. The monoisotopic (exact) mass is 335 g/mol. The largest absolute Gasteiger partial charge is 0.417 e. The molecule has 3 rings (SSSR count). The Kier molecular flexibility index (Phi) is 4.84. The van der Waals surface area contributed by atoms with Crippen LogP contribution < -0.4 is 0 Å². The van der Waals surface area contributed by atoms with E-state index in [1.165, 1.54) is 12.1 Å². The molecule has 24 heavy (non-hydrogen) atoms. The zero-order valence-electron chi connectivity index (χ0n) is 13.6. The van der Waals surface area contributed by atoms with E-state index in [-0.39, 0.29) is 17.6 Å². The molecule has 1 heterocycles. The Morgan fingerprint density at radius 2 is 2.04 bits per heavy atom. The summed E-state index contributed by atoms with van der Waals surface area (Å²) in [6, 6.07) is 4.32. The van der Waals surface area contributed by atoms with E-state index in [2.05, 4.69) is 17.0 Å². The molecular weight excluding hydrogens is 315 g/mol. The summed E-state index contributed by atoms with van der Waals surface area (Å²) in [5.41, 5.74) is 0.487. The fourth-order valence-corrected chi connectivity index (χ4v) is 3.32. The SMILES string of the molecule is CCCC#Cc1ccc(C2=NOC3CCCCC23)cc1C(F)(F)F. The normalized spacial score (nSPS) is 22.9. The van der Waals surface area contributed by atoms with Gasteiger partial charge >= 0.3 is 6.18 Å². The summed E-state index contributed by atoms with van der Waals surface area (Å²) >= 11 is 0. The maximum absolute atomic E-state index is 13.4. The number of unbranched alkanes of at least 4 members (excludes halogenated alkanes) is 1. The first-order valence-electron chi connectivity index (χ1n) is 8.45. The second kappa shape index (κ2) is 6.88. The van der Waals surface area contributed by atoms with Crippen molar-refractivity contribution in [1.29, 1.82) is 0 Å². The Hall–Kier alpha value is -1.96. The van der Waals surface area contributed by atoms with Crippen LogP contribution in [0.25, 0.3) is 0 Å². The molecule has 2 nitrogen and oxygen atoms in total. The molecule has 1 saturated carbocycles. The molecule has 128 valence electrons. The number of benzene rings is 1. The lowest BCUT2D eigenvalue weighted by Gasteiger charge is -2.23. The average molecular weight is 335 g/mol. The first kappa shape index (κ1) is 16.9. The molecule has 0 radical (unpaired) electrons. The highest BCUT2D eigenvalue weighted by Gasteiger charge is 2.38. The van der Waals surface area contributed by atoms with Crippen molar-refractivity contribution >= 4 is 5.71 Å². The minimum absolute atomic E-state index is 0.0205. The van der Waals surface area contributed by atoms with Gasteiger partial charge in [0.1, 0.15) is 6.10 Å². The summed E-state index contributed by atoms with van der Waals surface area (Å²) in [5.74, 6) is 5.56. The molecule has 2 unspecified atom stereocenters. The number of alkyl halides is 3. The smallest absolute Gasteiger partial charge is 0.392 e. The van der Waals surface area contributed by atoms with Crippen LogP contribution in [0.1, 0.15) is 62.1 Å². The van der Waals surface area contributed by atoms with Gasteiger partial charge < -0.3 is 4.84 Å². The highest BCUT2D eigenvalue weighted by molar-refractivity contribution is 6.03. The van der Waals surface area contributed by atoms with E-state index in [4.69, 9.17) is 4.84 Å². The van der Waals surface area contributed by atoms with Gasteiger partial charge in [0, 0.05) is 23.5 Å². The number of hydrogen-bond acceptors (Lipinski definition) is 2.